The quantitative estimate of drug-likeness (QED) is 0.905. The third-order valence-electron chi connectivity index (χ3n) is 3.67. The second-order valence-electron chi connectivity index (χ2n) is 5.30. The Labute approximate surface area is 133 Å². The second-order valence-corrected chi connectivity index (χ2v) is 6.48. The first-order valence-electron chi connectivity index (χ1n) is 7.35. The Kier molecular flexibility index (Phi) is 4.65. The van der Waals surface area contributed by atoms with Gasteiger partial charge in [0.15, 0.2) is 0 Å². The van der Waals surface area contributed by atoms with Crippen LogP contribution in [-0.4, -0.2) is 40.8 Å². The molecule has 2 heterocycles. The van der Waals surface area contributed by atoms with Crippen molar-refractivity contribution in [3.05, 3.63) is 40.4 Å². The molecule has 6 nitrogen and oxygen atoms in total. The van der Waals surface area contributed by atoms with E-state index in [4.69, 9.17) is 0 Å². The van der Waals surface area contributed by atoms with Crippen molar-refractivity contribution in [3.63, 3.8) is 0 Å². The highest BCUT2D eigenvalue weighted by Crippen LogP contribution is 2.17. The minimum Gasteiger partial charge on any atom is -0.337 e. The Morgan fingerprint density at radius 1 is 1.32 bits per heavy atom. The van der Waals surface area contributed by atoms with Crippen molar-refractivity contribution >= 4 is 22.5 Å². The molecule has 7 heteroatoms. The highest BCUT2D eigenvalue weighted by atomic mass is 32.1. The molecule has 0 aliphatic carbocycles. The Hall–Kier alpha value is -1.99. The Morgan fingerprint density at radius 3 is 2.91 bits per heavy atom. The number of aromatic nitrogens is 2. The molecular weight excluding hydrogens is 298 g/mol. The maximum atomic E-state index is 11.8. The summed E-state index contributed by atoms with van der Waals surface area (Å²) >= 11 is 1.37. The van der Waals surface area contributed by atoms with Crippen LogP contribution in [0.25, 0.3) is 0 Å². The molecule has 1 aliphatic rings. The van der Waals surface area contributed by atoms with Crippen LogP contribution in [0.4, 0.5) is 9.93 Å². The van der Waals surface area contributed by atoms with Gasteiger partial charge >= 0.3 is 6.03 Å². The minimum atomic E-state index is -0.228. The summed E-state index contributed by atoms with van der Waals surface area (Å²) in [4.78, 5) is 14.1. The molecule has 2 N–H and O–H groups in total. The van der Waals surface area contributed by atoms with Gasteiger partial charge in [-0.05, 0) is 24.5 Å². The van der Waals surface area contributed by atoms with E-state index in [1.165, 1.54) is 22.5 Å². The van der Waals surface area contributed by atoms with E-state index in [0.717, 1.165) is 31.1 Å². The smallest absolute Gasteiger partial charge is 0.321 e. The zero-order valence-corrected chi connectivity index (χ0v) is 13.3. The molecule has 2 amide bonds. The van der Waals surface area contributed by atoms with Crippen molar-refractivity contribution in [2.24, 2.45) is 0 Å². The summed E-state index contributed by atoms with van der Waals surface area (Å²) in [6.45, 7) is 5.31. The third-order valence-corrected chi connectivity index (χ3v) is 4.42. The van der Waals surface area contributed by atoms with Crippen molar-refractivity contribution in [1.29, 1.82) is 0 Å². The molecule has 1 aromatic heterocycles. The predicted octanol–water partition coefficient (Wildman–Crippen LogP) is 2.03. The molecule has 3 rings (SSSR count). The number of benzene rings is 1. The van der Waals surface area contributed by atoms with Crippen LogP contribution in [0.2, 0.25) is 0 Å². The van der Waals surface area contributed by atoms with Gasteiger partial charge in [0, 0.05) is 26.2 Å². The molecule has 0 atom stereocenters. The summed E-state index contributed by atoms with van der Waals surface area (Å²) in [5.41, 5.74) is 2.83. The Bertz CT molecular complexity index is 657. The van der Waals surface area contributed by atoms with Gasteiger partial charge < -0.3 is 5.32 Å². The largest absolute Gasteiger partial charge is 0.337 e. The lowest BCUT2D eigenvalue weighted by Gasteiger charge is -2.28. The summed E-state index contributed by atoms with van der Waals surface area (Å²) in [7, 11) is 0. The third kappa shape index (κ3) is 3.80. The summed E-state index contributed by atoms with van der Waals surface area (Å²) < 4.78 is 0. The van der Waals surface area contributed by atoms with Crippen molar-refractivity contribution in [1.82, 2.24) is 20.4 Å². The highest BCUT2D eigenvalue weighted by Gasteiger charge is 2.15. The number of rotatable bonds is 4. The average molecular weight is 317 g/mol. The van der Waals surface area contributed by atoms with E-state index in [2.05, 4.69) is 50.0 Å². The molecule has 1 aliphatic heterocycles. The van der Waals surface area contributed by atoms with Crippen molar-refractivity contribution in [2.45, 2.75) is 19.9 Å². The molecule has 0 radical (unpaired) electrons. The van der Waals surface area contributed by atoms with Crippen LogP contribution < -0.4 is 10.6 Å². The van der Waals surface area contributed by atoms with Crippen molar-refractivity contribution in [3.8, 4) is 0 Å². The van der Waals surface area contributed by atoms with Crippen LogP contribution in [0.15, 0.2) is 24.3 Å². The molecule has 22 heavy (non-hydrogen) atoms. The predicted molar refractivity (Wildman–Crippen MR) is 87.1 cm³/mol. The van der Waals surface area contributed by atoms with Gasteiger partial charge in [-0.15, -0.1) is 10.2 Å². The summed E-state index contributed by atoms with van der Waals surface area (Å²) in [5, 5.41) is 14.6. The van der Waals surface area contributed by atoms with Gasteiger partial charge in [-0.25, -0.2) is 4.79 Å². The van der Waals surface area contributed by atoms with Gasteiger partial charge in [0.1, 0.15) is 5.01 Å². The molecule has 0 spiro atoms. The van der Waals surface area contributed by atoms with E-state index in [1.807, 2.05) is 6.92 Å². The molecule has 0 fully saturated rings. The number of hydrogen-bond donors (Lipinski definition) is 2. The van der Waals surface area contributed by atoms with E-state index in [-0.39, 0.29) is 6.03 Å². The molecule has 116 valence electrons. The first-order chi connectivity index (χ1) is 10.7. The van der Waals surface area contributed by atoms with Gasteiger partial charge in [0.05, 0.1) is 0 Å². The number of nitrogens with zero attached hydrogens (tertiary/aromatic N) is 3. The van der Waals surface area contributed by atoms with E-state index in [1.54, 1.807) is 0 Å². The van der Waals surface area contributed by atoms with Gasteiger partial charge in [-0.3, -0.25) is 10.2 Å². The number of anilines is 1. The monoisotopic (exact) mass is 317 g/mol. The molecular formula is C15H19N5OS. The maximum Gasteiger partial charge on any atom is 0.321 e. The summed E-state index contributed by atoms with van der Waals surface area (Å²) in [6, 6.07) is 8.32. The molecule has 0 unspecified atom stereocenters. The van der Waals surface area contributed by atoms with Crippen LogP contribution in [0, 0.1) is 6.92 Å². The van der Waals surface area contributed by atoms with Gasteiger partial charge in [0.2, 0.25) is 5.13 Å². The summed E-state index contributed by atoms with van der Waals surface area (Å²) in [5.74, 6) is 0. The first kappa shape index (κ1) is 14.9. The normalized spacial score (nSPS) is 14.4. The lowest BCUT2D eigenvalue weighted by Crippen LogP contribution is -2.39. The highest BCUT2D eigenvalue weighted by molar-refractivity contribution is 7.15. The average Bonchev–Trinajstić information content (AvgIpc) is 2.92. The number of nitrogens with one attached hydrogen (secondary N) is 2. The molecule has 0 saturated carbocycles. The van der Waals surface area contributed by atoms with Crippen LogP contribution in [0.3, 0.4) is 0 Å². The van der Waals surface area contributed by atoms with Crippen molar-refractivity contribution < 1.29 is 4.79 Å². The zero-order valence-electron chi connectivity index (χ0n) is 12.5. The molecule has 1 aromatic carbocycles. The topological polar surface area (TPSA) is 70.1 Å². The number of aryl methyl sites for hydroxylation is 1. The van der Waals surface area contributed by atoms with Crippen molar-refractivity contribution in [2.75, 3.05) is 25.0 Å². The van der Waals surface area contributed by atoms with Gasteiger partial charge in [-0.1, -0.05) is 35.6 Å². The number of fused-ring (bicyclic) bond motifs is 1. The number of hydrogen-bond acceptors (Lipinski definition) is 5. The maximum absolute atomic E-state index is 11.8. The number of carbonyl (C=O) groups excluding carboxylic acids is 1. The van der Waals surface area contributed by atoms with E-state index >= 15 is 0 Å². The number of urea groups is 1. The second kappa shape index (κ2) is 6.85. The number of carbonyl (C=O) groups is 1. The van der Waals surface area contributed by atoms with E-state index < -0.39 is 0 Å². The Balaban J connectivity index is 1.41. The first-order valence-corrected chi connectivity index (χ1v) is 8.16. The molecule has 0 bridgehead atoms. The minimum absolute atomic E-state index is 0.228. The Morgan fingerprint density at radius 2 is 2.14 bits per heavy atom. The fraction of sp³-hybridized carbons (Fsp3) is 0.400. The standard InChI is InChI=1S/C15H19N5OS/c1-11-18-19-15(22-11)17-14(21)16-7-9-20-8-6-12-4-2-3-5-13(12)10-20/h2-5H,6-10H2,1H3,(H2,16,17,19,21). The van der Waals surface area contributed by atoms with Crippen LogP contribution in [-0.2, 0) is 13.0 Å². The van der Waals surface area contributed by atoms with E-state index in [0.29, 0.717) is 11.7 Å². The zero-order chi connectivity index (χ0) is 15.4. The fourth-order valence-corrected chi connectivity index (χ4v) is 3.15. The lowest BCUT2D eigenvalue weighted by molar-refractivity contribution is 0.239. The molecule has 2 aromatic rings. The van der Waals surface area contributed by atoms with Gasteiger partial charge in [-0.2, -0.15) is 0 Å². The molecule has 0 saturated heterocycles. The van der Waals surface area contributed by atoms with E-state index in [9.17, 15) is 4.79 Å². The fourth-order valence-electron chi connectivity index (χ4n) is 2.56. The summed E-state index contributed by atoms with van der Waals surface area (Å²) in [6.07, 6.45) is 1.08. The van der Waals surface area contributed by atoms with Crippen LogP contribution >= 0.6 is 11.3 Å². The van der Waals surface area contributed by atoms with Gasteiger partial charge in [0.25, 0.3) is 0 Å². The number of amides is 2. The van der Waals surface area contributed by atoms with Crippen LogP contribution in [0.5, 0.6) is 0 Å². The SMILES string of the molecule is Cc1nnc(NC(=O)NCCN2CCc3ccccc3C2)s1. The lowest BCUT2D eigenvalue weighted by atomic mass is 10.00. The van der Waals surface area contributed by atoms with Crippen LogP contribution in [0.1, 0.15) is 16.1 Å².